The Morgan fingerprint density at radius 2 is 0.973 bits per heavy atom. The first-order valence-corrected chi connectivity index (χ1v) is 14.7. The molecule has 4 unspecified atom stereocenters. The van der Waals surface area contributed by atoms with Crippen molar-refractivity contribution < 1.29 is 0 Å². The van der Waals surface area contributed by atoms with Crippen LogP contribution in [-0.2, 0) is 10.8 Å². The van der Waals surface area contributed by atoms with E-state index in [1.165, 1.54) is 85.2 Å². The van der Waals surface area contributed by atoms with Crippen LogP contribution >= 0.6 is 11.6 Å². The van der Waals surface area contributed by atoms with Crippen molar-refractivity contribution in [1.29, 1.82) is 0 Å². The van der Waals surface area contributed by atoms with Crippen LogP contribution in [0.3, 0.4) is 0 Å². The van der Waals surface area contributed by atoms with Gasteiger partial charge in [0.2, 0.25) is 0 Å². The van der Waals surface area contributed by atoms with Crippen LogP contribution in [-0.4, -0.2) is 11.1 Å². The molecule has 2 aliphatic carbocycles. The minimum atomic E-state index is 0.0308. The van der Waals surface area contributed by atoms with Crippen molar-refractivity contribution in [3.8, 4) is 0 Å². The summed E-state index contributed by atoms with van der Waals surface area (Å²) in [5.74, 6) is 0. The first kappa shape index (κ1) is 23.7. The molecule has 4 aliphatic rings. The van der Waals surface area contributed by atoms with E-state index >= 15 is 0 Å². The van der Waals surface area contributed by atoms with E-state index in [1.54, 1.807) is 0 Å². The van der Waals surface area contributed by atoms with E-state index in [0.717, 1.165) is 5.02 Å². The van der Waals surface area contributed by atoms with Gasteiger partial charge in [0, 0.05) is 38.6 Å². The third kappa shape index (κ3) is 2.89. The lowest BCUT2D eigenvalue weighted by molar-refractivity contribution is 0.194. The Bertz CT molecular complexity index is 1300. The summed E-state index contributed by atoms with van der Waals surface area (Å²) in [5, 5.41) is 0.823. The van der Waals surface area contributed by atoms with E-state index in [-0.39, 0.29) is 21.9 Å². The van der Waals surface area contributed by atoms with E-state index in [1.807, 2.05) is 0 Å². The quantitative estimate of drug-likeness (QED) is 0.338. The van der Waals surface area contributed by atoms with Gasteiger partial charge in [-0.15, -0.1) is 0 Å². The average Bonchev–Trinajstić information content (AvgIpc) is 3.23. The van der Waals surface area contributed by atoms with E-state index < -0.39 is 0 Å². The third-order valence-electron chi connectivity index (χ3n) is 11.4. The lowest BCUT2D eigenvalue weighted by atomic mass is 9.61. The predicted octanol–water partition coefficient (Wildman–Crippen LogP) is 9.82. The Kier molecular flexibility index (Phi) is 4.98. The van der Waals surface area contributed by atoms with Gasteiger partial charge in [0.05, 0.1) is 11.1 Å². The Hall–Kier alpha value is -2.45. The van der Waals surface area contributed by atoms with Gasteiger partial charge in [0.25, 0.3) is 0 Å². The lowest BCUT2D eigenvalue weighted by Crippen LogP contribution is -2.55. The van der Waals surface area contributed by atoms with Crippen LogP contribution in [0.5, 0.6) is 0 Å². The summed E-state index contributed by atoms with van der Waals surface area (Å²) in [6, 6.07) is 25.1. The number of para-hydroxylation sites is 2. The van der Waals surface area contributed by atoms with Crippen molar-refractivity contribution >= 4 is 34.4 Å². The zero-order valence-electron chi connectivity index (χ0n) is 22.8. The Balaban J connectivity index is 1.43. The molecule has 2 saturated carbocycles. The molecule has 4 atom stereocenters. The van der Waals surface area contributed by atoms with Crippen LogP contribution in [0.4, 0.5) is 22.7 Å². The van der Waals surface area contributed by atoms with Crippen LogP contribution < -0.4 is 9.80 Å². The highest BCUT2D eigenvalue weighted by atomic mass is 35.5. The van der Waals surface area contributed by atoms with Gasteiger partial charge >= 0.3 is 0 Å². The van der Waals surface area contributed by atoms with Crippen LogP contribution in [0.2, 0.25) is 5.02 Å². The lowest BCUT2D eigenvalue weighted by Gasteiger charge is -2.51. The van der Waals surface area contributed by atoms with E-state index in [2.05, 4.69) is 104 Å². The number of halogens is 1. The molecular weight excluding hydrogens is 472 g/mol. The second-order valence-corrected chi connectivity index (χ2v) is 13.4. The van der Waals surface area contributed by atoms with Gasteiger partial charge in [0.1, 0.15) is 0 Å². The van der Waals surface area contributed by atoms with Crippen molar-refractivity contribution in [3.63, 3.8) is 0 Å². The highest BCUT2D eigenvalue weighted by Gasteiger charge is 2.59. The molecule has 3 heteroatoms. The molecule has 3 aromatic rings. The molecule has 192 valence electrons. The van der Waals surface area contributed by atoms with Gasteiger partial charge in [-0.3, -0.25) is 0 Å². The maximum absolute atomic E-state index is 7.02. The second-order valence-electron chi connectivity index (χ2n) is 13.0. The normalized spacial score (nSPS) is 34.1. The Labute approximate surface area is 227 Å². The van der Waals surface area contributed by atoms with Crippen LogP contribution in [0.25, 0.3) is 0 Å². The largest absolute Gasteiger partial charge is 0.334 e. The standard InChI is InChI=1S/C34H39ClN2/c1-31-17-9-11-19-33(31,3)36(29-15-7-5-13-27(29)31)25-21-24(35)22-26(23-25)37-30-16-8-6-14-28(30)32(2)18-10-12-20-34(32,37)4/h5-8,13-16,21-23H,9-12,17-20H2,1-4H3. The smallest absolute Gasteiger partial charge is 0.0517 e. The van der Waals surface area contributed by atoms with Gasteiger partial charge in [-0.05, 0) is 81.0 Å². The van der Waals surface area contributed by atoms with Crippen LogP contribution in [0.1, 0.15) is 90.2 Å². The molecule has 3 aromatic carbocycles. The zero-order chi connectivity index (χ0) is 25.6. The molecule has 2 nitrogen and oxygen atoms in total. The summed E-state index contributed by atoms with van der Waals surface area (Å²) in [6.45, 7) is 10.00. The first-order valence-electron chi connectivity index (χ1n) is 14.3. The molecule has 2 fully saturated rings. The molecule has 0 aromatic heterocycles. The SMILES string of the molecule is CC12CCCCC1(C)N(c1cc(Cl)cc(N3c4ccccc4C4(C)CCCCC34C)c1)c1ccccc12. The number of hydrogen-bond donors (Lipinski definition) is 0. The number of nitrogens with zero attached hydrogens (tertiary/aromatic N) is 2. The third-order valence-corrected chi connectivity index (χ3v) is 11.6. The maximum atomic E-state index is 7.02. The first-order chi connectivity index (χ1) is 17.7. The number of benzene rings is 3. The fraction of sp³-hybridized carbons (Fsp3) is 0.471. The monoisotopic (exact) mass is 510 g/mol. The zero-order valence-corrected chi connectivity index (χ0v) is 23.5. The Morgan fingerprint density at radius 1 is 0.568 bits per heavy atom. The topological polar surface area (TPSA) is 6.48 Å². The minimum absolute atomic E-state index is 0.0308. The van der Waals surface area contributed by atoms with E-state index in [4.69, 9.17) is 11.6 Å². The molecule has 37 heavy (non-hydrogen) atoms. The maximum Gasteiger partial charge on any atom is 0.0517 e. The molecule has 2 aliphatic heterocycles. The van der Waals surface area contributed by atoms with Crippen LogP contribution in [0.15, 0.2) is 66.7 Å². The Morgan fingerprint density at radius 3 is 1.43 bits per heavy atom. The number of rotatable bonds is 2. The number of anilines is 4. The average molecular weight is 511 g/mol. The summed E-state index contributed by atoms with van der Waals surface area (Å²) in [4.78, 5) is 5.31. The van der Waals surface area contributed by atoms with Crippen molar-refractivity contribution in [3.05, 3.63) is 82.9 Å². The van der Waals surface area contributed by atoms with Gasteiger partial charge < -0.3 is 9.80 Å². The summed E-state index contributed by atoms with van der Waals surface area (Å²) >= 11 is 7.02. The molecule has 0 N–H and O–H groups in total. The van der Waals surface area contributed by atoms with Crippen molar-refractivity contribution in [2.45, 2.75) is 101 Å². The summed E-state index contributed by atoms with van der Waals surface area (Å²) in [7, 11) is 0. The summed E-state index contributed by atoms with van der Waals surface area (Å²) < 4.78 is 0. The van der Waals surface area contributed by atoms with Gasteiger partial charge in [0.15, 0.2) is 0 Å². The molecule has 7 rings (SSSR count). The fourth-order valence-corrected chi connectivity index (χ4v) is 9.24. The van der Waals surface area contributed by atoms with E-state index in [9.17, 15) is 0 Å². The van der Waals surface area contributed by atoms with Gasteiger partial charge in [-0.25, -0.2) is 0 Å². The molecule has 0 spiro atoms. The highest BCUT2D eigenvalue weighted by molar-refractivity contribution is 6.31. The molecule has 0 radical (unpaired) electrons. The van der Waals surface area contributed by atoms with Crippen molar-refractivity contribution in [2.24, 2.45) is 0 Å². The highest BCUT2D eigenvalue weighted by Crippen LogP contribution is 2.63. The second kappa shape index (κ2) is 7.79. The molecule has 2 heterocycles. The van der Waals surface area contributed by atoms with Crippen LogP contribution in [0, 0.1) is 0 Å². The number of hydrogen-bond acceptors (Lipinski definition) is 2. The molecule has 0 saturated heterocycles. The molecule has 0 bridgehead atoms. The predicted molar refractivity (Wildman–Crippen MR) is 157 cm³/mol. The summed E-state index contributed by atoms with van der Waals surface area (Å²) in [5.41, 5.74) is 8.51. The van der Waals surface area contributed by atoms with Gasteiger partial charge in [-0.1, -0.05) is 87.5 Å². The van der Waals surface area contributed by atoms with E-state index in [0.29, 0.717) is 0 Å². The molecule has 0 amide bonds. The minimum Gasteiger partial charge on any atom is -0.334 e. The fourth-order valence-electron chi connectivity index (χ4n) is 9.02. The summed E-state index contributed by atoms with van der Waals surface area (Å²) in [6.07, 6.45) is 10.0. The number of fused-ring (bicyclic) bond motifs is 6. The molecular formula is C34H39ClN2. The van der Waals surface area contributed by atoms with Gasteiger partial charge in [-0.2, -0.15) is 0 Å². The van der Waals surface area contributed by atoms with Crippen molar-refractivity contribution in [2.75, 3.05) is 9.80 Å². The van der Waals surface area contributed by atoms with Crippen molar-refractivity contribution in [1.82, 2.24) is 0 Å².